The summed E-state index contributed by atoms with van der Waals surface area (Å²) < 4.78 is 15.2. The van der Waals surface area contributed by atoms with E-state index in [9.17, 15) is 4.79 Å². The Bertz CT molecular complexity index is 198. The van der Waals surface area contributed by atoms with Crippen LogP contribution in [0.4, 0.5) is 0 Å². The van der Waals surface area contributed by atoms with Crippen LogP contribution >= 0.6 is 0 Å². The lowest BCUT2D eigenvalue weighted by atomic mass is 10.0. The van der Waals surface area contributed by atoms with Crippen molar-refractivity contribution in [2.45, 2.75) is 31.9 Å². The van der Waals surface area contributed by atoms with Crippen molar-refractivity contribution in [1.29, 1.82) is 0 Å². The normalized spacial score (nSPS) is 26.3. The van der Waals surface area contributed by atoms with Crippen LogP contribution in [0.2, 0.25) is 0 Å². The fraction of sp³-hybridized carbons (Fsp3) is 0.900. The summed E-state index contributed by atoms with van der Waals surface area (Å²) in [6.07, 6.45) is 1.72. The van der Waals surface area contributed by atoms with Gasteiger partial charge in [0.1, 0.15) is 12.8 Å². The number of hydrogen-bond donors (Lipinski definition) is 1. The van der Waals surface area contributed by atoms with E-state index in [0.29, 0.717) is 6.61 Å². The number of methoxy groups -OCH3 is 1. The summed E-state index contributed by atoms with van der Waals surface area (Å²) in [5, 5.41) is 3.11. The molecule has 0 aromatic carbocycles. The molecule has 1 rings (SSSR count). The molecule has 5 nitrogen and oxygen atoms in total. The first kappa shape index (κ1) is 12.4. The number of carbonyl (C=O) groups is 1. The standard InChI is InChI=1S/C10H19NO4/c1-3-14-10(12)9-8(15-7-13-2)5-4-6-11-9/h8-9,11H,3-7H2,1-2H3/t8-,9+/m0/s1. The quantitative estimate of drug-likeness (QED) is 0.530. The van der Waals surface area contributed by atoms with Gasteiger partial charge in [0, 0.05) is 7.11 Å². The number of ether oxygens (including phenoxy) is 3. The lowest BCUT2D eigenvalue weighted by Crippen LogP contribution is -2.51. The number of esters is 1. The average molecular weight is 217 g/mol. The molecule has 2 atom stereocenters. The van der Waals surface area contributed by atoms with E-state index in [2.05, 4.69) is 5.32 Å². The van der Waals surface area contributed by atoms with Crippen LogP contribution in [0.1, 0.15) is 19.8 Å². The van der Waals surface area contributed by atoms with E-state index in [-0.39, 0.29) is 24.9 Å². The van der Waals surface area contributed by atoms with Crippen molar-refractivity contribution >= 4 is 5.97 Å². The lowest BCUT2D eigenvalue weighted by Gasteiger charge is -2.30. The second-order valence-corrected chi connectivity index (χ2v) is 3.44. The summed E-state index contributed by atoms with van der Waals surface area (Å²) in [7, 11) is 1.57. The Balaban J connectivity index is 2.45. The molecule has 1 aliphatic rings. The molecule has 5 heteroatoms. The minimum absolute atomic E-state index is 0.141. The van der Waals surface area contributed by atoms with Gasteiger partial charge >= 0.3 is 5.97 Å². The van der Waals surface area contributed by atoms with Crippen molar-refractivity contribution in [3.8, 4) is 0 Å². The van der Waals surface area contributed by atoms with E-state index in [0.717, 1.165) is 19.4 Å². The van der Waals surface area contributed by atoms with Gasteiger partial charge in [-0.3, -0.25) is 4.79 Å². The van der Waals surface area contributed by atoms with Crippen molar-refractivity contribution in [2.24, 2.45) is 0 Å². The van der Waals surface area contributed by atoms with Gasteiger partial charge in [-0.25, -0.2) is 0 Å². The van der Waals surface area contributed by atoms with Crippen molar-refractivity contribution in [1.82, 2.24) is 5.32 Å². The molecular formula is C10H19NO4. The predicted octanol–water partition coefficient (Wildman–Crippen LogP) is 0.291. The topological polar surface area (TPSA) is 56.8 Å². The van der Waals surface area contributed by atoms with Gasteiger partial charge in [0.2, 0.25) is 0 Å². The number of carbonyl (C=O) groups excluding carboxylic acids is 1. The average Bonchev–Trinajstić information content (AvgIpc) is 2.27. The summed E-state index contributed by atoms with van der Waals surface area (Å²) in [6.45, 7) is 3.23. The maximum atomic E-state index is 11.6. The highest BCUT2D eigenvalue weighted by atomic mass is 16.7. The van der Waals surface area contributed by atoms with Gasteiger partial charge in [0.15, 0.2) is 0 Å². The highest BCUT2D eigenvalue weighted by molar-refractivity contribution is 5.76. The van der Waals surface area contributed by atoms with E-state index >= 15 is 0 Å². The summed E-state index contributed by atoms with van der Waals surface area (Å²) >= 11 is 0. The summed E-state index contributed by atoms with van der Waals surface area (Å²) in [5.41, 5.74) is 0. The smallest absolute Gasteiger partial charge is 0.325 e. The Morgan fingerprint density at radius 2 is 2.33 bits per heavy atom. The maximum absolute atomic E-state index is 11.6. The van der Waals surface area contributed by atoms with Crippen LogP contribution in [-0.4, -0.2) is 45.2 Å². The molecule has 0 aromatic rings. The molecule has 0 spiro atoms. The molecule has 0 saturated carbocycles. The molecule has 1 heterocycles. The highest BCUT2D eigenvalue weighted by Gasteiger charge is 2.32. The van der Waals surface area contributed by atoms with Crippen molar-refractivity contribution in [3.05, 3.63) is 0 Å². The maximum Gasteiger partial charge on any atom is 0.325 e. The molecule has 0 aromatic heterocycles. The number of piperidine rings is 1. The molecule has 15 heavy (non-hydrogen) atoms. The SMILES string of the molecule is CCOC(=O)[C@@H]1NCCC[C@@H]1OCOC. The monoisotopic (exact) mass is 217 g/mol. The van der Waals surface area contributed by atoms with E-state index in [1.165, 1.54) is 0 Å². The minimum atomic E-state index is -0.353. The van der Waals surface area contributed by atoms with Gasteiger partial charge in [-0.15, -0.1) is 0 Å². The molecule has 0 unspecified atom stereocenters. The fourth-order valence-corrected chi connectivity index (χ4v) is 1.66. The minimum Gasteiger partial charge on any atom is -0.465 e. The van der Waals surface area contributed by atoms with Crippen LogP contribution in [0.15, 0.2) is 0 Å². The van der Waals surface area contributed by atoms with Crippen LogP contribution in [-0.2, 0) is 19.0 Å². The van der Waals surface area contributed by atoms with E-state index in [1.807, 2.05) is 0 Å². The summed E-state index contributed by atoms with van der Waals surface area (Å²) in [5.74, 6) is -0.238. The molecule has 1 saturated heterocycles. The van der Waals surface area contributed by atoms with Crippen molar-refractivity contribution in [3.63, 3.8) is 0 Å². The van der Waals surface area contributed by atoms with Gasteiger partial charge in [-0.1, -0.05) is 0 Å². The predicted molar refractivity (Wildman–Crippen MR) is 54.4 cm³/mol. The molecule has 1 aliphatic heterocycles. The molecule has 1 fully saturated rings. The second-order valence-electron chi connectivity index (χ2n) is 3.44. The Morgan fingerprint density at radius 3 is 3.00 bits per heavy atom. The summed E-state index contributed by atoms with van der Waals surface area (Å²) in [6, 6.07) is -0.353. The number of hydrogen-bond acceptors (Lipinski definition) is 5. The Morgan fingerprint density at radius 1 is 1.53 bits per heavy atom. The van der Waals surface area contributed by atoms with Gasteiger partial charge in [-0.2, -0.15) is 0 Å². The zero-order chi connectivity index (χ0) is 11.1. The van der Waals surface area contributed by atoms with E-state index in [1.54, 1.807) is 14.0 Å². The Labute approximate surface area is 90.1 Å². The fourth-order valence-electron chi connectivity index (χ4n) is 1.66. The third-order valence-electron chi connectivity index (χ3n) is 2.34. The van der Waals surface area contributed by atoms with Crippen molar-refractivity contribution in [2.75, 3.05) is 27.1 Å². The lowest BCUT2D eigenvalue weighted by molar-refractivity contribution is -0.156. The third kappa shape index (κ3) is 3.77. The van der Waals surface area contributed by atoms with Crippen LogP contribution in [0.25, 0.3) is 0 Å². The molecule has 0 aliphatic carbocycles. The zero-order valence-corrected chi connectivity index (χ0v) is 9.32. The van der Waals surface area contributed by atoms with Gasteiger partial charge < -0.3 is 19.5 Å². The van der Waals surface area contributed by atoms with Crippen LogP contribution in [0, 0.1) is 0 Å². The van der Waals surface area contributed by atoms with Gasteiger partial charge in [-0.05, 0) is 26.3 Å². The highest BCUT2D eigenvalue weighted by Crippen LogP contribution is 2.14. The van der Waals surface area contributed by atoms with E-state index < -0.39 is 0 Å². The van der Waals surface area contributed by atoms with Crippen LogP contribution < -0.4 is 5.32 Å². The largest absolute Gasteiger partial charge is 0.465 e. The third-order valence-corrected chi connectivity index (χ3v) is 2.34. The second kappa shape index (κ2) is 6.76. The zero-order valence-electron chi connectivity index (χ0n) is 9.32. The molecular weight excluding hydrogens is 198 g/mol. The van der Waals surface area contributed by atoms with Crippen molar-refractivity contribution < 1.29 is 19.0 Å². The Hall–Kier alpha value is -0.650. The molecule has 1 N–H and O–H groups in total. The Kier molecular flexibility index (Phi) is 5.60. The first-order chi connectivity index (χ1) is 7.29. The van der Waals surface area contributed by atoms with Gasteiger partial charge in [0.25, 0.3) is 0 Å². The molecule has 0 amide bonds. The molecule has 88 valence electrons. The van der Waals surface area contributed by atoms with Crippen LogP contribution in [0.5, 0.6) is 0 Å². The van der Waals surface area contributed by atoms with E-state index in [4.69, 9.17) is 14.2 Å². The molecule has 0 bridgehead atoms. The van der Waals surface area contributed by atoms with Crippen LogP contribution in [0.3, 0.4) is 0 Å². The number of rotatable bonds is 5. The first-order valence-corrected chi connectivity index (χ1v) is 5.30. The summed E-state index contributed by atoms with van der Waals surface area (Å²) in [4.78, 5) is 11.6. The first-order valence-electron chi connectivity index (χ1n) is 5.30. The van der Waals surface area contributed by atoms with Gasteiger partial charge in [0.05, 0.1) is 12.7 Å². The molecule has 0 radical (unpaired) electrons. The number of nitrogens with one attached hydrogen (secondary N) is 1.